The average Bonchev–Trinajstić information content (AvgIpc) is 3.13. The molecule has 3 aromatic heterocycles. The van der Waals surface area contributed by atoms with E-state index in [0.717, 1.165) is 10.6 Å². The normalized spacial score (nSPS) is 13.6. The van der Waals surface area contributed by atoms with Crippen LogP contribution in [0.5, 0.6) is 0 Å². The summed E-state index contributed by atoms with van der Waals surface area (Å²) in [5, 5.41) is 2.11. The quantitative estimate of drug-likeness (QED) is 0.548. The van der Waals surface area contributed by atoms with Crippen LogP contribution >= 0.6 is 11.3 Å². The Bertz CT molecular complexity index is 1140. The molecule has 0 spiro atoms. The summed E-state index contributed by atoms with van der Waals surface area (Å²) in [4.78, 5) is 38.0. The standard InChI is InChI=1S/C17H17BN4O2S/c1-17(2,3)14-11(19-8-20-14)6-13-16(24)21-12(15(23)22-13)5-10-4-9(18)7-25-10/h4-8H,1-3H3,(H,19,20)(H,21,24)(H,22,23)/b12-5-,13-6-. The van der Waals surface area contributed by atoms with Crippen LogP contribution in [0.3, 0.4) is 0 Å². The van der Waals surface area contributed by atoms with Gasteiger partial charge in [-0.2, -0.15) is 0 Å². The van der Waals surface area contributed by atoms with Crippen LogP contribution in [0, 0.1) is 0 Å². The summed E-state index contributed by atoms with van der Waals surface area (Å²) in [5.41, 5.74) is 1.19. The third-order valence-electron chi connectivity index (χ3n) is 3.61. The van der Waals surface area contributed by atoms with Crippen molar-refractivity contribution >= 4 is 36.8 Å². The van der Waals surface area contributed by atoms with Crippen LogP contribution in [0.2, 0.25) is 0 Å². The molecule has 0 bridgehead atoms. The van der Waals surface area contributed by atoms with Gasteiger partial charge in [0, 0.05) is 16.0 Å². The van der Waals surface area contributed by atoms with Gasteiger partial charge >= 0.3 is 0 Å². The molecule has 8 heteroatoms. The van der Waals surface area contributed by atoms with E-state index in [4.69, 9.17) is 7.85 Å². The van der Waals surface area contributed by atoms with Crippen LogP contribution in [-0.4, -0.2) is 27.8 Å². The molecule has 126 valence electrons. The summed E-state index contributed by atoms with van der Waals surface area (Å²) in [6, 6.07) is 1.74. The zero-order valence-electron chi connectivity index (χ0n) is 14.1. The number of hydrogen-bond acceptors (Lipinski definition) is 4. The molecular weight excluding hydrogens is 335 g/mol. The number of aromatic amines is 3. The van der Waals surface area contributed by atoms with Gasteiger partial charge in [0.15, 0.2) is 0 Å². The summed E-state index contributed by atoms with van der Waals surface area (Å²) >= 11 is 1.39. The fourth-order valence-corrected chi connectivity index (χ4v) is 3.16. The van der Waals surface area contributed by atoms with E-state index in [1.165, 1.54) is 11.3 Å². The molecule has 0 aromatic carbocycles. The van der Waals surface area contributed by atoms with Gasteiger partial charge in [-0.3, -0.25) is 9.59 Å². The Balaban J connectivity index is 2.14. The number of hydrogen-bond donors (Lipinski definition) is 3. The molecule has 0 aliphatic heterocycles. The van der Waals surface area contributed by atoms with Crippen LogP contribution in [0.1, 0.15) is 37.0 Å². The summed E-state index contributed by atoms with van der Waals surface area (Å²) in [6.45, 7) is 6.11. The summed E-state index contributed by atoms with van der Waals surface area (Å²) in [7, 11) is 5.67. The Kier molecular flexibility index (Phi) is 4.38. The molecule has 3 aromatic rings. The Morgan fingerprint density at radius 3 is 2.32 bits per heavy atom. The van der Waals surface area contributed by atoms with E-state index in [2.05, 4.69) is 19.9 Å². The van der Waals surface area contributed by atoms with Gasteiger partial charge in [-0.15, -0.1) is 11.3 Å². The van der Waals surface area contributed by atoms with Gasteiger partial charge in [0.05, 0.1) is 12.0 Å². The summed E-state index contributed by atoms with van der Waals surface area (Å²) in [5.74, 6) is 0. The number of nitrogens with one attached hydrogen (secondary N) is 3. The number of imidazole rings is 1. The van der Waals surface area contributed by atoms with Crippen molar-refractivity contribution in [1.82, 2.24) is 19.9 Å². The van der Waals surface area contributed by atoms with Crippen LogP contribution in [0.15, 0.2) is 27.4 Å². The SMILES string of the molecule is [B]c1csc(/C=c2\[nH]c(=O)/c(=C/c3nc[nH]c3C(C)(C)C)[nH]c2=O)c1. The van der Waals surface area contributed by atoms with Crippen molar-refractivity contribution in [3.8, 4) is 0 Å². The molecule has 0 atom stereocenters. The lowest BCUT2D eigenvalue weighted by Gasteiger charge is -2.16. The summed E-state index contributed by atoms with van der Waals surface area (Å²) < 4.78 is 0. The first kappa shape index (κ1) is 17.2. The van der Waals surface area contributed by atoms with Crippen molar-refractivity contribution in [3.63, 3.8) is 0 Å². The first-order chi connectivity index (χ1) is 11.7. The minimum absolute atomic E-state index is 0.158. The van der Waals surface area contributed by atoms with Crippen molar-refractivity contribution in [2.45, 2.75) is 26.2 Å². The Morgan fingerprint density at radius 1 is 1.12 bits per heavy atom. The average molecular weight is 352 g/mol. The van der Waals surface area contributed by atoms with E-state index in [0.29, 0.717) is 11.2 Å². The van der Waals surface area contributed by atoms with Crippen LogP contribution < -0.4 is 27.3 Å². The van der Waals surface area contributed by atoms with E-state index in [-0.39, 0.29) is 21.7 Å². The highest BCUT2D eigenvalue weighted by Gasteiger charge is 2.19. The molecule has 3 rings (SSSR count). The predicted molar refractivity (Wildman–Crippen MR) is 101 cm³/mol. The smallest absolute Gasteiger partial charge is 0.272 e. The maximum atomic E-state index is 12.3. The highest BCUT2D eigenvalue weighted by Crippen LogP contribution is 2.22. The number of rotatable bonds is 2. The molecule has 0 fully saturated rings. The van der Waals surface area contributed by atoms with Crippen molar-refractivity contribution in [3.05, 3.63) is 65.4 Å². The number of aromatic nitrogens is 4. The molecule has 0 unspecified atom stereocenters. The lowest BCUT2D eigenvalue weighted by Crippen LogP contribution is -2.46. The third kappa shape index (κ3) is 3.74. The van der Waals surface area contributed by atoms with Gasteiger partial charge in [0.25, 0.3) is 11.1 Å². The van der Waals surface area contributed by atoms with Crippen LogP contribution in [0.4, 0.5) is 0 Å². The van der Waals surface area contributed by atoms with Gasteiger partial charge in [-0.25, -0.2) is 4.98 Å². The molecule has 2 radical (unpaired) electrons. The highest BCUT2D eigenvalue weighted by molar-refractivity contribution is 7.11. The second kappa shape index (κ2) is 6.36. The fourth-order valence-electron chi connectivity index (χ4n) is 2.43. The second-order valence-corrected chi connectivity index (χ2v) is 7.66. The molecule has 25 heavy (non-hydrogen) atoms. The number of nitrogens with zero attached hydrogens (tertiary/aromatic N) is 1. The Hall–Kier alpha value is -2.61. The summed E-state index contributed by atoms with van der Waals surface area (Å²) in [6.07, 6.45) is 4.74. The highest BCUT2D eigenvalue weighted by atomic mass is 32.1. The predicted octanol–water partition coefficient (Wildman–Crippen LogP) is -0.403. The van der Waals surface area contributed by atoms with E-state index in [9.17, 15) is 9.59 Å². The molecular formula is C17H17BN4O2S. The van der Waals surface area contributed by atoms with E-state index >= 15 is 0 Å². The first-order valence-electron chi connectivity index (χ1n) is 7.68. The van der Waals surface area contributed by atoms with Crippen molar-refractivity contribution in [1.29, 1.82) is 0 Å². The molecule has 0 aliphatic carbocycles. The first-order valence-corrected chi connectivity index (χ1v) is 8.56. The fraction of sp³-hybridized carbons (Fsp3) is 0.235. The number of thiophene rings is 1. The monoisotopic (exact) mass is 352 g/mol. The molecule has 6 nitrogen and oxygen atoms in total. The third-order valence-corrected chi connectivity index (χ3v) is 4.51. The largest absolute Gasteiger partial charge is 0.348 e. The van der Waals surface area contributed by atoms with Gasteiger partial charge < -0.3 is 15.0 Å². The topological polar surface area (TPSA) is 94.4 Å². The zero-order valence-corrected chi connectivity index (χ0v) is 15.0. The van der Waals surface area contributed by atoms with Crippen LogP contribution in [0.25, 0.3) is 12.2 Å². The minimum atomic E-state index is -0.391. The van der Waals surface area contributed by atoms with Gasteiger partial charge in [0.2, 0.25) is 0 Å². The maximum absolute atomic E-state index is 12.3. The van der Waals surface area contributed by atoms with Crippen LogP contribution in [-0.2, 0) is 5.41 Å². The lowest BCUT2D eigenvalue weighted by molar-refractivity contribution is 0.571. The van der Waals surface area contributed by atoms with E-state index < -0.39 is 5.56 Å². The van der Waals surface area contributed by atoms with Gasteiger partial charge in [0.1, 0.15) is 18.5 Å². The van der Waals surface area contributed by atoms with Crippen molar-refractivity contribution < 1.29 is 0 Å². The van der Waals surface area contributed by atoms with Crippen molar-refractivity contribution in [2.24, 2.45) is 0 Å². The number of H-pyrrole nitrogens is 3. The van der Waals surface area contributed by atoms with Gasteiger partial charge in [-0.05, 0) is 17.5 Å². The van der Waals surface area contributed by atoms with Gasteiger partial charge in [-0.1, -0.05) is 32.3 Å². The lowest BCUT2D eigenvalue weighted by atomic mass is 9.90. The minimum Gasteiger partial charge on any atom is -0.348 e. The molecule has 0 aliphatic rings. The molecule has 0 saturated carbocycles. The zero-order chi connectivity index (χ0) is 18.2. The molecule has 0 saturated heterocycles. The van der Waals surface area contributed by atoms with Crippen molar-refractivity contribution in [2.75, 3.05) is 0 Å². The van der Waals surface area contributed by atoms with E-state index in [1.54, 1.807) is 29.9 Å². The second-order valence-electron chi connectivity index (χ2n) is 6.72. The Labute approximate surface area is 148 Å². The molecule has 3 N–H and O–H groups in total. The molecule has 3 heterocycles. The maximum Gasteiger partial charge on any atom is 0.272 e. The Morgan fingerprint density at radius 2 is 1.76 bits per heavy atom. The van der Waals surface area contributed by atoms with E-state index in [1.807, 2.05) is 20.8 Å². The molecule has 0 amide bonds.